The molecule has 0 aliphatic rings. The summed E-state index contributed by atoms with van der Waals surface area (Å²) < 4.78 is 0. The Bertz CT molecular complexity index is 181. The minimum atomic E-state index is 0.743. The van der Waals surface area contributed by atoms with Gasteiger partial charge in [-0.1, -0.05) is 11.6 Å². The van der Waals surface area contributed by atoms with E-state index in [1.165, 1.54) is 11.8 Å². The monoisotopic (exact) mass is 156 g/mol. The molecular weight excluding hydrogens is 152 g/mol. The fourth-order valence-electron chi connectivity index (χ4n) is 0.513. The zero-order chi connectivity index (χ0) is 6.69. The van der Waals surface area contributed by atoms with Crippen LogP contribution in [0.2, 0.25) is 5.02 Å². The highest BCUT2D eigenvalue weighted by Crippen LogP contribution is 2.17. The fourth-order valence-corrected chi connectivity index (χ4v) is 0.932. The van der Waals surface area contributed by atoms with Gasteiger partial charge in [0.15, 0.2) is 0 Å². The molecule has 0 atom stereocenters. The molecule has 0 heterocycles. The van der Waals surface area contributed by atoms with Crippen LogP contribution in [-0.2, 0) is 0 Å². The largest absolute Gasteiger partial charge is 0.120 e. The molecule has 0 bridgehead atoms. The fraction of sp³-hybridized carbons (Fsp3) is 0. The number of hydrogen-bond donors (Lipinski definition) is 0. The topological polar surface area (TPSA) is 0 Å². The van der Waals surface area contributed by atoms with Crippen LogP contribution in [0.1, 0.15) is 0 Å². The van der Waals surface area contributed by atoms with Crippen molar-refractivity contribution >= 4 is 23.4 Å². The second kappa shape index (κ2) is 3.14. The van der Waals surface area contributed by atoms with E-state index in [1.54, 1.807) is 0 Å². The highest BCUT2D eigenvalue weighted by atomic mass is 35.5. The molecule has 0 amide bonds. The lowest BCUT2D eigenvalue weighted by Crippen LogP contribution is -1.65. The number of benzene rings is 1. The van der Waals surface area contributed by atoms with E-state index in [2.05, 4.69) is 0 Å². The molecule has 0 N–H and O–H groups in total. The second-order valence-electron chi connectivity index (χ2n) is 1.57. The van der Waals surface area contributed by atoms with Crippen molar-refractivity contribution < 1.29 is 0 Å². The first-order valence-electron chi connectivity index (χ1n) is 2.45. The van der Waals surface area contributed by atoms with Crippen LogP contribution in [0, 0.1) is 6.26 Å². The molecule has 0 aromatic heterocycles. The summed E-state index contributed by atoms with van der Waals surface area (Å²) in [6, 6.07) is 7.40. The zero-order valence-electron chi connectivity index (χ0n) is 4.67. The maximum atomic E-state index is 5.62. The van der Waals surface area contributed by atoms with Gasteiger partial charge in [-0.15, -0.1) is 11.8 Å². The molecule has 46 valence electrons. The molecule has 0 unspecified atom stereocenters. The average molecular weight is 157 g/mol. The molecule has 0 saturated carbocycles. The van der Waals surface area contributed by atoms with Crippen LogP contribution in [-0.4, -0.2) is 0 Å². The number of rotatable bonds is 1. The lowest BCUT2D eigenvalue weighted by atomic mass is 10.4. The summed E-state index contributed by atoms with van der Waals surface area (Å²) in [7, 11) is 0. The quantitative estimate of drug-likeness (QED) is 0.563. The minimum Gasteiger partial charge on any atom is -0.120 e. The van der Waals surface area contributed by atoms with Crippen molar-refractivity contribution in [1.29, 1.82) is 0 Å². The third-order valence-corrected chi connectivity index (χ3v) is 1.75. The van der Waals surface area contributed by atoms with Gasteiger partial charge in [-0.05, 0) is 24.3 Å². The van der Waals surface area contributed by atoms with E-state index in [4.69, 9.17) is 17.9 Å². The molecule has 0 saturated heterocycles. The van der Waals surface area contributed by atoms with Gasteiger partial charge >= 0.3 is 0 Å². The lowest BCUT2D eigenvalue weighted by molar-refractivity contribution is 1.47. The van der Waals surface area contributed by atoms with Gasteiger partial charge in [-0.2, -0.15) is 0 Å². The Labute approximate surface area is 64.2 Å². The Hall–Kier alpha value is -0.140. The average Bonchev–Trinajstić information content (AvgIpc) is 1.90. The van der Waals surface area contributed by atoms with Crippen molar-refractivity contribution in [3.05, 3.63) is 35.5 Å². The Morgan fingerprint density at radius 1 is 1.22 bits per heavy atom. The van der Waals surface area contributed by atoms with Gasteiger partial charge < -0.3 is 0 Å². The summed E-state index contributed by atoms with van der Waals surface area (Å²) in [5.41, 5.74) is 0. The molecule has 0 spiro atoms. The zero-order valence-corrected chi connectivity index (χ0v) is 6.25. The standard InChI is InChI=1S/C7H5ClS/c1-9-7-4-2-6(8)3-5-7/h1-5H. The predicted octanol–water partition coefficient (Wildman–Crippen LogP) is 3.10. The molecule has 0 fully saturated rings. The van der Waals surface area contributed by atoms with Gasteiger partial charge in [0.2, 0.25) is 0 Å². The van der Waals surface area contributed by atoms with Crippen LogP contribution in [0.5, 0.6) is 0 Å². The lowest BCUT2D eigenvalue weighted by Gasteiger charge is -1.92. The van der Waals surface area contributed by atoms with Gasteiger partial charge in [0.1, 0.15) is 0 Å². The summed E-state index contributed by atoms with van der Waals surface area (Å²) in [4.78, 5) is 1.03. The molecule has 0 aliphatic heterocycles. The molecular formula is C7H5ClS. The summed E-state index contributed by atoms with van der Waals surface area (Å²) in [5.74, 6) is 0. The van der Waals surface area contributed by atoms with Gasteiger partial charge in [-0.3, -0.25) is 0 Å². The second-order valence-corrected chi connectivity index (χ2v) is 2.72. The summed E-state index contributed by atoms with van der Waals surface area (Å²) in [5, 5.41) is 0.743. The summed E-state index contributed by atoms with van der Waals surface area (Å²) >= 11 is 6.84. The number of hydrogen-bond acceptors (Lipinski definition) is 1. The first kappa shape index (κ1) is 6.97. The molecule has 1 aromatic carbocycles. The molecule has 0 aliphatic carbocycles. The maximum absolute atomic E-state index is 5.62. The van der Waals surface area contributed by atoms with Crippen LogP contribution in [0.25, 0.3) is 0 Å². The molecule has 2 radical (unpaired) electrons. The van der Waals surface area contributed by atoms with Crippen LogP contribution >= 0.6 is 23.4 Å². The van der Waals surface area contributed by atoms with E-state index in [9.17, 15) is 0 Å². The van der Waals surface area contributed by atoms with E-state index in [0.717, 1.165) is 9.92 Å². The first-order chi connectivity index (χ1) is 4.33. The van der Waals surface area contributed by atoms with Gasteiger partial charge in [-0.25, -0.2) is 0 Å². The number of halogens is 1. The number of thioether (sulfide) groups is 1. The third kappa shape index (κ3) is 1.92. The van der Waals surface area contributed by atoms with Crippen molar-refractivity contribution in [1.82, 2.24) is 0 Å². The Morgan fingerprint density at radius 3 is 2.22 bits per heavy atom. The molecule has 9 heavy (non-hydrogen) atoms. The van der Waals surface area contributed by atoms with E-state index in [-0.39, 0.29) is 0 Å². The minimum absolute atomic E-state index is 0.743. The SMILES string of the molecule is [CH]Sc1ccc(Cl)cc1. The Kier molecular flexibility index (Phi) is 2.43. The molecule has 0 nitrogen and oxygen atoms in total. The van der Waals surface area contributed by atoms with Crippen molar-refractivity contribution in [2.24, 2.45) is 0 Å². The maximum Gasteiger partial charge on any atom is 0.0406 e. The molecule has 1 aromatic rings. The van der Waals surface area contributed by atoms with Crippen molar-refractivity contribution in [3.63, 3.8) is 0 Å². The van der Waals surface area contributed by atoms with Crippen LogP contribution in [0.15, 0.2) is 29.2 Å². The summed E-state index contributed by atoms with van der Waals surface area (Å²) in [6.07, 6.45) is 5.27. The first-order valence-corrected chi connectivity index (χ1v) is 3.71. The predicted molar refractivity (Wildman–Crippen MR) is 41.6 cm³/mol. The highest BCUT2D eigenvalue weighted by molar-refractivity contribution is 8.00. The normalized spacial score (nSPS) is 9.56. The van der Waals surface area contributed by atoms with Crippen LogP contribution in [0.4, 0.5) is 0 Å². The van der Waals surface area contributed by atoms with E-state index in [0.29, 0.717) is 0 Å². The van der Waals surface area contributed by atoms with Crippen LogP contribution in [0.3, 0.4) is 0 Å². The van der Waals surface area contributed by atoms with Gasteiger partial charge in [0, 0.05) is 16.2 Å². The smallest absolute Gasteiger partial charge is 0.0406 e. The summed E-state index contributed by atoms with van der Waals surface area (Å²) in [6.45, 7) is 0. The molecule has 1 rings (SSSR count). The van der Waals surface area contributed by atoms with Crippen molar-refractivity contribution in [3.8, 4) is 0 Å². The van der Waals surface area contributed by atoms with E-state index < -0.39 is 0 Å². The third-order valence-electron chi connectivity index (χ3n) is 0.950. The van der Waals surface area contributed by atoms with Crippen molar-refractivity contribution in [2.75, 3.05) is 0 Å². The Balaban J connectivity index is 2.88. The van der Waals surface area contributed by atoms with Gasteiger partial charge in [0.25, 0.3) is 0 Å². The van der Waals surface area contributed by atoms with Crippen molar-refractivity contribution in [2.45, 2.75) is 4.90 Å². The molecule has 2 heteroatoms. The van der Waals surface area contributed by atoms with E-state index in [1.807, 2.05) is 24.3 Å². The van der Waals surface area contributed by atoms with Gasteiger partial charge in [0.05, 0.1) is 0 Å². The van der Waals surface area contributed by atoms with Crippen LogP contribution < -0.4 is 0 Å². The highest BCUT2D eigenvalue weighted by Gasteiger charge is 1.87. The van der Waals surface area contributed by atoms with E-state index >= 15 is 0 Å². The Morgan fingerprint density at radius 2 is 1.78 bits per heavy atom.